The van der Waals surface area contributed by atoms with Crippen LogP contribution in [0.4, 0.5) is 11.4 Å². The van der Waals surface area contributed by atoms with Gasteiger partial charge < -0.3 is 5.32 Å². The minimum absolute atomic E-state index is 0.0388. The Labute approximate surface area is 148 Å². The molecule has 0 aromatic heterocycles. The highest BCUT2D eigenvalue weighted by atomic mass is 32.2. The number of amidine groups is 1. The van der Waals surface area contributed by atoms with E-state index in [1.54, 1.807) is 18.2 Å². The topological polar surface area (TPSA) is 84.6 Å². The van der Waals surface area contributed by atoms with Gasteiger partial charge in [0.05, 0.1) is 21.1 Å². The van der Waals surface area contributed by atoms with Crippen molar-refractivity contribution in [2.24, 2.45) is 4.99 Å². The second-order valence-corrected chi connectivity index (χ2v) is 6.67. The number of nitrogens with zero attached hydrogens (tertiary/aromatic N) is 2. The Balaban J connectivity index is 1.90. The summed E-state index contributed by atoms with van der Waals surface area (Å²) < 4.78 is 0. The van der Waals surface area contributed by atoms with E-state index < -0.39 is 4.92 Å². The number of thioether (sulfide) groups is 1. The lowest BCUT2D eigenvalue weighted by molar-refractivity contribution is -0.385. The summed E-state index contributed by atoms with van der Waals surface area (Å²) in [5, 5.41) is 14.2. The fraction of sp³-hybridized carbons (Fsp3) is 0.111. The summed E-state index contributed by atoms with van der Waals surface area (Å²) in [7, 11) is 0. The number of hydrogen-bond acceptors (Lipinski definition) is 5. The van der Waals surface area contributed by atoms with Gasteiger partial charge in [-0.1, -0.05) is 18.2 Å². The third-order valence-electron chi connectivity index (χ3n) is 3.51. The second kappa shape index (κ2) is 6.90. The lowest BCUT2D eigenvalue weighted by Gasteiger charge is -2.00. The van der Waals surface area contributed by atoms with Crippen molar-refractivity contribution < 1.29 is 9.72 Å². The van der Waals surface area contributed by atoms with Crippen LogP contribution in [-0.2, 0) is 4.79 Å². The molecule has 1 amide bonds. The molecular formula is C18H15N3O3S. The van der Waals surface area contributed by atoms with Crippen molar-refractivity contribution in [3.05, 3.63) is 74.2 Å². The van der Waals surface area contributed by atoms with E-state index in [2.05, 4.69) is 10.3 Å². The van der Waals surface area contributed by atoms with Crippen LogP contribution in [0.5, 0.6) is 0 Å². The van der Waals surface area contributed by atoms with Gasteiger partial charge in [0, 0.05) is 6.07 Å². The first kappa shape index (κ1) is 16.9. The third-order valence-corrected chi connectivity index (χ3v) is 4.42. The number of benzene rings is 2. The van der Waals surface area contributed by atoms with Crippen molar-refractivity contribution in [2.45, 2.75) is 13.8 Å². The zero-order chi connectivity index (χ0) is 18.0. The van der Waals surface area contributed by atoms with Gasteiger partial charge in [-0.3, -0.25) is 14.9 Å². The Morgan fingerprint density at radius 1 is 1.16 bits per heavy atom. The molecule has 1 aliphatic heterocycles. The molecule has 0 atom stereocenters. The van der Waals surface area contributed by atoms with E-state index in [4.69, 9.17) is 0 Å². The summed E-state index contributed by atoms with van der Waals surface area (Å²) in [6, 6.07) is 12.2. The summed E-state index contributed by atoms with van der Waals surface area (Å²) >= 11 is 1.17. The molecule has 1 N–H and O–H groups in total. The van der Waals surface area contributed by atoms with Crippen LogP contribution in [0.3, 0.4) is 0 Å². The maximum absolute atomic E-state index is 12.1. The van der Waals surface area contributed by atoms with Crippen molar-refractivity contribution in [3.8, 4) is 0 Å². The SMILES string of the molecule is Cc1cc(C)cc(N=C2NC(=O)C(=Cc3ccccc3[N+](=O)[O-])S2)c1. The first-order chi connectivity index (χ1) is 11.9. The van der Waals surface area contributed by atoms with Crippen molar-refractivity contribution >= 4 is 40.3 Å². The third kappa shape index (κ3) is 3.95. The predicted octanol–water partition coefficient (Wildman–Crippen LogP) is 4.10. The van der Waals surface area contributed by atoms with Gasteiger partial charge in [-0.2, -0.15) is 0 Å². The van der Waals surface area contributed by atoms with Crippen molar-refractivity contribution in [3.63, 3.8) is 0 Å². The van der Waals surface area contributed by atoms with Gasteiger partial charge in [-0.05, 0) is 61.0 Å². The lowest BCUT2D eigenvalue weighted by atomic mass is 10.1. The second-order valence-electron chi connectivity index (χ2n) is 5.64. The molecule has 0 aliphatic carbocycles. The van der Waals surface area contributed by atoms with E-state index in [9.17, 15) is 14.9 Å². The largest absolute Gasteiger partial charge is 0.300 e. The number of para-hydroxylation sites is 1. The zero-order valence-corrected chi connectivity index (χ0v) is 14.5. The van der Waals surface area contributed by atoms with E-state index in [0.717, 1.165) is 16.8 Å². The van der Waals surface area contributed by atoms with Crippen LogP contribution < -0.4 is 5.32 Å². The Kier molecular flexibility index (Phi) is 4.67. The highest BCUT2D eigenvalue weighted by Crippen LogP contribution is 2.30. The maximum Gasteiger partial charge on any atom is 0.276 e. The molecule has 6 nitrogen and oxygen atoms in total. The molecule has 0 bridgehead atoms. The van der Waals surface area contributed by atoms with E-state index in [1.807, 2.05) is 32.0 Å². The molecule has 1 fully saturated rings. The van der Waals surface area contributed by atoms with Crippen LogP contribution in [-0.4, -0.2) is 16.0 Å². The standard InChI is InChI=1S/C18H15N3O3S/c1-11-7-12(2)9-14(8-11)19-18-20-17(22)16(25-18)10-13-5-3-4-6-15(13)21(23)24/h3-10H,1-2H3,(H,19,20,22). The van der Waals surface area contributed by atoms with Gasteiger partial charge >= 0.3 is 0 Å². The molecule has 1 saturated heterocycles. The number of amides is 1. The van der Waals surface area contributed by atoms with Crippen molar-refractivity contribution in [1.82, 2.24) is 5.32 Å². The van der Waals surface area contributed by atoms with Gasteiger partial charge in [-0.25, -0.2) is 4.99 Å². The fourth-order valence-electron chi connectivity index (χ4n) is 2.53. The first-order valence-corrected chi connectivity index (χ1v) is 8.35. The number of carbonyl (C=O) groups excluding carboxylic acids is 1. The summed E-state index contributed by atoms with van der Waals surface area (Å²) in [6.45, 7) is 3.97. The molecule has 0 radical (unpaired) electrons. The number of rotatable bonds is 3. The molecule has 0 unspecified atom stereocenters. The molecular weight excluding hydrogens is 338 g/mol. The normalized spacial score (nSPS) is 17.1. The molecule has 2 aromatic carbocycles. The number of aryl methyl sites for hydroxylation is 2. The molecule has 1 aliphatic rings. The molecule has 25 heavy (non-hydrogen) atoms. The van der Waals surface area contributed by atoms with E-state index in [-0.39, 0.29) is 11.6 Å². The number of nitro benzene ring substituents is 1. The Bertz CT molecular complexity index is 915. The number of nitro groups is 1. The van der Waals surface area contributed by atoms with Crippen LogP contribution >= 0.6 is 11.8 Å². The average molecular weight is 353 g/mol. The number of nitrogens with one attached hydrogen (secondary N) is 1. The minimum Gasteiger partial charge on any atom is -0.300 e. The van der Waals surface area contributed by atoms with Gasteiger partial charge in [0.25, 0.3) is 11.6 Å². The molecule has 0 spiro atoms. The van der Waals surface area contributed by atoms with Crippen molar-refractivity contribution in [2.75, 3.05) is 0 Å². The van der Waals surface area contributed by atoms with Gasteiger partial charge in [0.1, 0.15) is 0 Å². The average Bonchev–Trinajstić information content (AvgIpc) is 2.86. The number of aliphatic imine (C=N–C) groups is 1. The van der Waals surface area contributed by atoms with E-state index >= 15 is 0 Å². The zero-order valence-electron chi connectivity index (χ0n) is 13.6. The fourth-order valence-corrected chi connectivity index (χ4v) is 3.36. The highest BCUT2D eigenvalue weighted by Gasteiger charge is 2.25. The molecule has 1 heterocycles. The molecule has 0 saturated carbocycles. The van der Waals surface area contributed by atoms with Crippen LogP contribution in [0.25, 0.3) is 6.08 Å². The van der Waals surface area contributed by atoms with E-state index in [0.29, 0.717) is 15.6 Å². The van der Waals surface area contributed by atoms with E-state index in [1.165, 1.54) is 23.9 Å². The first-order valence-electron chi connectivity index (χ1n) is 7.54. The number of carbonyl (C=O) groups is 1. The predicted molar refractivity (Wildman–Crippen MR) is 99.8 cm³/mol. The summed E-state index contributed by atoms with van der Waals surface area (Å²) in [4.78, 5) is 27.6. The Morgan fingerprint density at radius 3 is 2.52 bits per heavy atom. The van der Waals surface area contributed by atoms with Gasteiger partial charge in [-0.15, -0.1) is 0 Å². The molecule has 3 rings (SSSR count). The quantitative estimate of drug-likeness (QED) is 0.511. The molecule has 126 valence electrons. The minimum atomic E-state index is -0.464. The van der Waals surface area contributed by atoms with Crippen LogP contribution in [0.2, 0.25) is 0 Å². The molecule has 7 heteroatoms. The van der Waals surface area contributed by atoms with Crippen LogP contribution in [0.1, 0.15) is 16.7 Å². The maximum atomic E-state index is 12.1. The molecule has 2 aromatic rings. The smallest absolute Gasteiger partial charge is 0.276 e. The number of hydrogen-bond donors (Lipinski definition) is 1. The van der Waals surface area contributed by atoms with Gasteiger partial charge in [0.15, 0.2) is 5.17 Å². The lowest BCUT2D eigenvalue weighted by Crippen LogP contribution is -2.19. The van der Waals surface area contributed by atoms with Crippen LogP contribution in [0, 0.1) is 24.0 Å². The highest BCUT2D eigenvalue weighted by molar-refractivity contribution is 8.18. The Hall–Kier alpha value is -2.93. The van der Waals surface area contributed by atoms with Crippen LogP contribution in [0.15, 0.2) is 52.4 Å². The van der Waals surface area contributed by atoms with Crippen molar-refractivity contribution in [1.29, 1.82) is 0 Å². The summed E-state index contributed by atoms with van der Waals surface area (Å²) in [6.07, 6.45) is 1.52. The Morgan fingerprint density at radius 2 is 1.84 bits per heavy atom. The van der Waals surface area contributed by atoms with Gasteiger partial charge in [0.2, 0.25) is 0 Å². The summed E-state index contributed by atoms with van der Waals surface area (Å²) in [5.74, 6) is -0.314. The summed E-state index contributed by atoms with van der Waals surface area (Å²) in [5.41, 5.74) is 3.28. The monoisotopic (exact) mass is 353 g/mol.